The molecule has 0 aliphatic rings. The molecule has 12 heavy (non-hydrogen) atoms. The molecule has 0 radical (unpaired) electrons. The second-order valence-corrected chi connectivity index (χ2v) is 2.43. The summed E-state index contributed by atoms with van der Waals surface area (Å²) in [4.78, 5) is 0. The van der Waals surface area contributed by atoms with Gasteiger partial charge in [0, 0.05) is 5.70 Å². The molecule has 1 aromatic carbocycles. The summed E-state index contributed by atoms with van der Waals surface area (Å²) in [6.07, 6.45) is 1.83. The molecule has 1 rings (SSSR count). The van der Waals surface area contributed by atoms with Crippen molar-refractivity contribution < 1.29 is 0 Å². The van der Waals surface area contributed by atoms with Crippen molar-refractivity contribution in [3.05, 3.63) is 41.5 Å². The van der Waals surface area contributed by atoms with E-state index < -0.39 is 0 Å². The molecule has 0 bridgehead atoms. The van der Waals surface area contributed by atoms with Gasteiger partial charge >= 0.3 is 0 Å². The Morgan fingerprint density at radius 2 is 2.00 bits per heavy atom. The highest BCUT2D eigenvalue weighted by Crippen LogP contribution is 2.09. The Kier molecular flexibility index (Phi) is 2.49. The van der Waals surface area contributed by atoms with Gasteiger partial charge in [-0.25, -0.2) is 0 Å². The number of rotatable bonds is 1. The van der Waals surface area contributed by atoms with E-state index in [0.29, 0.717) is 5.56 Å². The number of benzene rings is 1. The van der Waals surface area contributed by atoms with Crippen LogP contribution in [0.3, 0.4) is 0 Å². The first kappa shape index (κ1) is 8.35. The summed E-state index contributed by atoms with van der Waals surface area (Å²) < 4.78 is 0. The molecule has 0 aliphatic heterocycles. The van der Waals surface area contributed by atoms with E-state index in [1.807, 2.05) is 25.1 Å². The van der Waals surface area contributed by atoms with E-state index >= 15 is 0 Å². The van der Waals surface area contributed by atoms with Crippen molar-refractivity contribution in [3.8, 4) is 6.07 Å². The van der Waals surface area contributed by atoms with E-state index in [9.17, 15) is 0 Å². The summed E-state index contributed by atoms with van der Waals surface area (Å²) in [6, 6.07) is 9.24. The van der Waals surface area contributed by atoms with Gasteiger partial charge in [-0.05, 0) is 24.6 Å². The zero-order valence-electron chi connectivity index (χ0n) is 6.91. The summed E-state index contributed by atoms with van der Waals surface area (Å²) >= 11 is 0. The van der Waals surface area contributed by atoms with Crippen molar-refractivity contribution >= 4 is 5.70 Å². The molecular weight excluding hydrogens is 148 g/mol. The lowest BCUT2D eigenvalue weighted by Crippen LogP contribution is -1.94. The normalized spacial score (nSPS) is 10.8. The smallest absolute Gasteiger partial charge is 0.0991 e. The van der Waals surface area contributed by atoms with Gasteiger partial charge in [-0.3, -0.25) is 0 Å². The van der Waals surface area contributed by atoms with Crippen LogP contribution in [0.15, 0.2) is 30.3 Å². The third kappa shape index (κ3) is 1.64. The number of nitrogens with two attached hydrogens (primary N) is 1. The van der Waals surface area contributed by atoms with Crippen LogP contribution >= 0.6 is 0 Å². The van der Waals surface area contributed by atoms with Gasteiger partial charge in [0.2, 0.25) is 0 Å². The van der Waals surface area contributed by atoms with Crippen LogP contribution in [0.4, 0.5) is 0 Å². The minimum absolute atomic E-state index is 0.655. The van der Waals surface area contributed by atoms with Gasteiger partial charge in [0.15, 0.2) is 0 Å². The SMILES string of the molecule is C/C=C(\N)c1ccc(C#N)cc1. The number of hydrogen-bond donors (Lipinski definition) is 1. The van der Waals surface area contributed by atoms with E-state index in [4.69, 9.17) is 11.0 Å². The Bertz CT molecular complexity index is 328. The zero-order chi connectivity index (χ0) is 8.97. The first-order chi connectivity index (χ1) is 5.77. The summed E-state index contributed by atoms with van der Waals surface area (Å²) in [5.74, 6) is 0. The quantitative estimate of drug-likeness (QED) is 0.678. The number of nitriles is 1. The molecular formula is C10H10N2. The third-order valence-corrected chi connectivity index (χ3v) is 1.66. The van der Waals surface area contributed by atoms with Crippen molar-refractivity contribution in [2.75, 3.05) is 0 Å². The van der Waals surface area contributed by atoms with Crippen molar-refractivity contribution in [3.63, 3.8) is 0 Å². The van der Waals surface area contributed by atoms with E-state index in [1.165, 1.54) is 0 Å². The topological polar surface area (TPSA) is 49.8 Å². The van der Waals surface area contributed by atoms with Gasteiger partial charge in [-0.1, -0.05) is 18.2 Å². The first-order valence-corrected chi connectivity index (χ1v) is 3.70. The van der Waals surface area contributed by atoms with Crippen LogP contribution in [0.1, 0.15) is 18.1 Å². The molecule has 2 heteroatoms. The van der Waals surface area contributed by atoms with Gasteiger partial charge in [-0.2, -0.15) is 5.26 Å². The molecule has 0 atom stereocenters. The molecule has 2 N–H and O–H groups in total. The van der Waals surface area contributed by atoms with Gasteiger partial charge in [-0.15, -0.1) is 0 Å². The Balaban J connectivity index is 3.02. The highest BCUT2D eigenvalue weighted by atomic mass is 14.6. The average molecular weight is 158 g/mol. The summed E-state index contributed by atoms with van der Waals surface area (Å²) in [7, 11) is 0. The molecule has 0 saturated carbocycles. The predicted molar refractivity (Wildman–Crippen MR) is 49.0 cm³/mol. The fourth-order valence-electron chi connectivity index (χ4n) is 0.904. The zero-order valence-corrected chi connectivity index (χ0v) is 6.91. The molecule has 60 valence electrons. The molecule has 2 nitrogen and oxygen atoms in total. The van der Waals surface area contributed by atoms with Crippen molar-refractivity contribution in [2.24, 2.45) is 5.73 Å². The molecule has 0 heterocycles. The number of hydrogen-bond acceptors (Lipinski definition) is 2. The van der Waals surface area contributed by atoms with Crippen LogP contribution in [0.2, 0.25) is 0 Å². The number of allylic oxidation sites excluding steroid dienone is 1. The van der Waals surface area contributed by atoms with E-state index in [0.717, 1.165) is 11.3 Å². The lowest BCUT2D eigenvalue weighted by Gasteiger charge is -1.99. The molecule has 0 aromatic heterocycles. The largest absolute Gasteiger partial charge is 0.399 e. The summed E-state index contributed by atoms with van der Waals surface area (Å²) in [5, 5.41) is 8.53. The molecule has 0 unspecified atom stereocenters. The van der Waals surface area contributed by atoms with Gasteiger partial charge in [0.25, 0.3) is 0 Å². The Labute approximate surface area is 71.9 Å². The lowest BCUT2D eigenvalue weighted by molar-refractivity contribution is 1.45. The Hall–Kier alpha value is -1.75. The van der Waals surface area contributed by atoms with Gasteiger partial charge in [0.05, 0.1) is 11.6 Å². The second kappa shape index (κ2) is 3.59. The highest BCUT2D eigenvalue weighted by molar-refractivity contribution is 5.62. The molecule has 0 saturated heterocycles. The van der Waals surface area contributed by atoms with Crippen molar-refractivity contribution in [2.45, 2.75) is 6.92 Å². The maximum atomic E-state index is 8.53. The maximum absolute atomic E-state index is 8.53. The Morgan fingerprint density at radius 3 is 2.42 bits per heavy atom. The van der Waals surface area contributed by atoms with Crippen molar-refractivity contribution in [1.29, 1.82) is 5.26 Å². The van der Waals surface area contributed by atoms with Crippen LogP contribution < -0.4 is 5.73 Å². The Morgan fingerprint density at radius 1 is 1.42 bits per heavy atom. The van der Waals surface area contributed by atoms with Crippen molar-refractivity contribution in [1.82, 2.24) is 0 Å². The van der Waals surface area contributed by atoms with E-state index in [-0.39, 0.29) is 0 Å². The number of nitrogens with zero attached hydrogens (tertiary/aromatic N) is 1. The summed E-state index contributed by atoms with van der Waals surface area (Å²) in [6.45, 7) is 1.88. The minimum atomic E-state index is 0.655. The minimum Gasteiger partial charge on any atom is -0.399 e. The van der Waals surface area contributed by atoms with Crippen LogP contribution in [0.5, 0.6) is 0 Å². The third-order valence-electron chi connectivity index (χ3n) is 1.66. The van der Waals surface area contributed by atoms with Crippen LogP contribution in [0, 0.1) is 11.3 Å². The fraction of sp³-hybridized carbons (Fsp3) is 0.100. The first-order valence-electron chi connectivity index (χ1n) is 3.70. The highest BCUT2D eigenvalue weighted by Gasteiger charge is 1.94. The van der Waals surface area contributed by atoms with Crippen LogP contribution in [-0.2, 0) is 0 Å². The monoisotopic (exact) mass is 158 g/mol. The molecule has 1 aromatic rings. The fourth-order valence-corrected chi connectivity index (χ4v) is 0.904. The van der Waals surface area contributed by atoms with E-state index in [1.54, 1.807) is 12.1 Å². The molecule has 0 spiro atoms. The van der Waals surface area contributed by atoms with Gasteiger partial charge < -0.3 is 5.73 Å². The average Bonchev–Trinajstić information content (AvgIpc) is 2.17. The standard InChI is InChI=1S/C10H10N2/c1-2-10(12)9-5-3-8(7-11)4-6-9/h2-6H,12H2,1H3/b10-2-. The molecule has 0 fully saturated rings. The summed E-state index contributed by atoms with van der Waals surface area (Å²) in [5.41, 5.74) is 8.01. The molecule has 0 aliphatic carbocycles. The van der Waals surface area contributed by atoms with Crippen LogP contribution in [0.25, 0.3) is 5.70 Å². The predicted octanol–water partition coefficient (Wildman–Crippen LogP) is 1.88. The molecule has 0 amide bonds. The maximum Gasteiger partial charge on any atom is 0.0991 e. The van der Waals surface area contributed by atoms with Crippen LogP contribution in [-0.4, -0.2) is 0 Å². The second-order valence-electron chi connectivity index (χ2n) is 2.43. The van der Waals surface area contributed by atoms with E-state index in [2.05, 4.69) is 6.07 Å². The van der Waals surface area contributed by atoms with Gasteiger partial charge in [0.1, 0.15) is 0 Å². The lowest BCUT2D eigenvalue weighted by atomic mass is 10.1.